The van der Waals surface area contributed by atoms with Crippen molar-refractivity contribution in [3.63, 3.8) is 0 Å². The summed E-state index contributed by atoms with van der Waals surface area (Å²) in [4.78, 5) is 18.3. The van der Waals surface area contributed by atoms with Gasteiger partial charge >= 0.3 is 0 Å². The van der Waals surface area contributed by atoms with Gasteiger partial charge in [-0.05, 0) is 11.8 Å². The number of nitrogens with two attached hydrogens (primary N) is 1. The van der Waals surface area contributed by atoms with Crippen LogP contribution in [0, 0.1) is 0 Å². The fourth-order valence-electron chi connectivity index (χ4n) is 2.09. The molecule has 0 aliphatic heterocycles. The average molecular weight is 257 g/mol. The van der Waals surface area contributed by atoms with Crippen LogP contribution in [0.4, 0.5) is 5.82 Å². The Morgan fingerprint density at radius 1 is 1.32 bits per heavy atom. The highest BCUT2D eigenvalue weighted by Crippen LogP contribution is 2.23. The number of nitrogens with zero attached hydrogens (tertiary/aromatic N) is 2. The summed E-state index contributed by atoms with van der Waals surface area (Å²) >= 11 is 0. The van der Waals surface area contributed by atoms with Crippen LogP contribution in [0.5, 0.6) is 0 Å². The van der Waals surface area contributed by atoms with Gasteiger partial charge in [0.05, 0.1) is 5.56 Å². The van der Waals surface area contributed by atoms with Crippen LogP contribution in [-0.2, 0) is 0 Å². The first-order valence-corrected chi connectivity index (χ1v) is 6.53. The van der Waals surface area contributed by atoms with E-state index in [0.717, 1.165) is 30.2 Å². The highest BCUT2D eigenvalue weighted by molar-refractivity contribution is 6.08. The molecule has 0 spiro atoms. The number of carbonyl (C=O) groups excluding carboxylic acids is 1. The van der Waals surface area contributed by atoms with Gasteiger partial charge in [0.2, 0.25) is 0 Å². The Kier molecular flexibility index (Phi) is 4.00. The Balaban J connectivity index is 2.40. The second-order valence-electron chi connectivity index (χ2n) is 4.68. The van der Waals surface area contributed by atoms with Crippen molar-refractivity contribution >= 4 is 22.5 Å². The fraction of sp³-hybridized carbons (Fsp3) is 0.333. The number of amides is 1. The highest BCUT2D eigenvalue weighted by atomic mass is 16.2. The molecule has 0 fully saturated rings. The lowest BCUT2D eigenvalue weighted by Gasteiger charge is -2.18. The van der Waals surface area contributed by atoms with E-state index in [0.29, 0.717) is 11.4 Å². The molecule has 0 unspecified atom stereocenters. The van der Waals surface area contributed by atoms with Gasteiger partial charge in [0.1, 0.15) is 5.82 Å². The summed E-state index contributed by atoms with van der Waals surface area (Å²) in [5, 5.41) is 1.69. The largest absolute Gasteiger partial charge is 0.383 e. The van der Waals surface area contributed by atoms with E-state index in [1.54, 1.807) is 11.1 Å². The van der Waals surface area contributed by atoms with Crippen LogP contribution in [0.15, 0.2) is 30.5 Å². The Morgan fingerprint density at radius 3 is 2.68 bits per heavy atom. The van der Waals surface area contributed by atoms with Crippen LogP contribution in [0.3, 0.4) is 0 Å². The lowest BCUT2D eigenvalue weighted by molar-refractivity contribution is 0.0795. The van der Waals surface area contributed by atoms with Crippen molar-refractivity contribution in [1.82, 2.24) is 9.88 Å². The highest BCUT2D eigenvalue weighted by Gasteiger charge is 2.15. The molecule has 0 saturated heterocycles. The summed E-state index contributed by atoms with van der Waals surface area (Å²) in [7, 11) is 1.82. The van der Waals surface area contributed by atoms with Crippen LogP contribution in [0.1, 0.15) is 30.1 Å². The molecule has 0 aliphatic rings. The molecule has 0 radical (unpaired) electrons. The fourth-order valence-corrected chi connectivity index (χ4v) is 2.09. The van der Waals surface area contributed by atoms with Gasteiger partial charge in [0.25, 0.3) is 5.91 Å². The number of hydrogen-bond acceptors (Lipinski definition) is 3. The van der Waals surface area contributed by atoms with Crippen molar-refractivity contribution in [3.8, 4) is 0 Å². The zero-order valence-electron chi connectivity index (χ0n) is 11.4. The molecule has 0 saturated carbocycles. The van der Waals surface area contributed by atoms with Gasteiger partial charge in [-0.15, -0.1) is 0 Å². The van der Waals surface area contributed by atoms with E-state index in [-0.39, 0.29) is 5.91 Å². The monoisotopic (exact) mass is 257 g/mol. The minimum absolute atomic E-state index is 0.00264. The third kappa shape index (κ3) is 2.67. The summed E-state index contributed by atoms with van der Waals surface area (Å²) < 4.78 is 0. The number of aromatic nitrogens is 1. The first-order valence-electron chi connectivity index (χ1n) is 6.53. The molecule has 0 atom stereocenters. The molecule has 1 aromatic carbocycles. The van der Waals surface area contributed by atoms with Gasteiger partial charge in [-0.1, -0.05) is 37.6 Å². The number of benzene rings is 1. The topological polar surface area (TPSA) is 59.2 Å². The second kappa shape index (κ2) is 5.69. The molecule has 0 aliphatic carbocycles. The summed E-state index contributed by atoms with van der Waals surface area (Å²) in [5.41, 5.74) is 6.46. The first-order chi connectivity index (χ1) is 9.15. The number of pyridine rings is 1. The van der Waals surface area contributed by atoms with Crippen LogP contribution in [0.25, 0.3) is 10.8 Å². The summed E-state index contributed by atoms with van der Waals surface area (Å²) in [6, 6.07) is 7.61. The molecule has 2 N–H and O–H groups in total. The Labute approximate surface area is 113 Å². The van der Waals surface area contributed by atoms with Crippen LogP contribution in [-0.4, -0.2) is 29.4 Å². The Bertz CT molecular complexity index is 595. The molecule has 2 rings (SSSR count). The van der Waals surface area contributed by atoms with E-state index < -0.39 is 0 Å². The average Bonchev–Trinajstić information content (AvgIpc) is 2.45. The standard InChI is InChI=1S/C15H19N3O/c1-3-4-9-18(2)15(19)13-10-17-14(16)12-8-6-5-7-11(12)13/h5-8,10H,3-4,9H2,1-2H3,(H2,16,17). The molecule has 1 aromatic heterocycles. The summed E-state index contributed by atoms with van der Waals surface area (Å²) in [6.45, 7) is 2.87. The van der Waals surface area contributed by atoms with Gasteiger partial charge in [-0.2, -0.15) is 0 Å². The van der Waals surface area contributed by atoms with E-state index in [9.17, 15) is 4.79 Å². The normalized spacial score (nSPS) is 10.6. The Hall–Kier alpha value is -2.10. The third-order valence-electron chi connectivity index (χ3n) is 3.25. The van der Waals surface area contributed by atoms with Crippen molar-refractivity contribution in [2.75, 3.05) is 19.3 Å². The molecular weight excluding hydrogens is 238 g/mol. The minimum Gasteiger partial charge on any atom is -0.383 e. The molecule has 0 bridgehead atoms. The number of anilines is 1. The molecule has 1 amide bonds. The molecule has 4 nitrogen and oxygen atoms in total. The van der Waals surface area contributed by atoms with E-state index in [2.05, 4.69) is 11.9 Å². The zero-order valence-corrected chi connectivity index (χ0v) is 11.4. The maximum Gasteiger partial charge on any atom is 0.255 e. The smallest absolute Gasteiger partial charge is 0.255 e. The van der Waals surface area contributed by atoms with Crippen LogP contribution in [0.2, 0.25) is 0 Å². The molecule has 19 heavy (non-hydrogen) atoms. The number of carbonyl (C=O) groups is 1. The van der Waals surface area contributed by atoms with Gasteiger partial charge in [-0.25, -0.2) is 4.98 Å². The number of nitrogen functional groups attached to an aromatic ring is 1. The van der Waals surface area contributed by atoms with E-state index in [1.807, 2.05) is 31.3 Å². The summed E-state index contributed by atoms with van der Waals surface area (Å²) in [6.07, 6.45) is 3.64. The molecule has 4 heteroatoms. The second-order valence-corrected chi connectivity index (χ2v) is 4.68. The number of rotatable bonds is 4. The van der Waals surface area contributed by atoms with Crippen molar-refractivity contribution in [2.24, 2.45) is 0 Å². The van der Waals surface area contributed by atoms with E-state index in [4.69, 9.17) is 5.73 Å². The van der Waals surface area contributed by atoms with Crippen LogP contribution < -0.4 is 5.73 Å². The van der Waals surface area contributed by atoms with E-state index in [1.165, 1.54) is 0 Å². The van der Waals surface area contributed by atoms with Crippen molar-refractivity contribution in [3.05, 3.63) is 36.0 Å². The first kappa shape index (κ1) is 13.3. The predicted octanol–water partition coefficient (Wildman–Crippen LogP) is 2.69. The lowest BCUT2D eigenvalue weighted by Crippen LogP contribution is -2.28. The maximum absolute atomic E-state index is 12.4. The van der Waals surface area contributed by atoms with Crippen LogP contribution >= 0.6 is 0 Å². The number of hydrogen-bond donors (Lipinski definition) is 1. The summed E-state index contributed by atoms with van der Waals surface area (Å²) in [5.74, 6) is 0.459. The van der Waals surface area contributed by atoms with Gasteiger partial charge in [-0.3, -0.25) is 4.79 Å². The predicted molar refractivity (Wildman–Crippen MR) is 78.0 cm³/mol. The van der Waals surface area contributed by atoms with Crippen molar-refractivity contribution in [2.45, 2.75) is 19.8 Å². The number of fused-ring (bicyclic) bond motifs is 1. The zero-order chi connectivity index (χ0) is 13.8. The SMILES string of the molecule is CCCCN(C)C(=O)c1cnc(N)c2ccccc12. The van der Waals surface area contributed by atoms with Crippen molar-refractivity contribution < 1.29 is 4.79 Å². The van der Waals surface area contributed by atoms with Gasteiger partial charge in [0, 0.05) is 25.2 Å². The molecular formula is C15H19N3O. The minimum atomic E-state index is -0.00264. The molecule has 1 heterocycles. The maximum atomic E-state index is 12.4. The number of unbranched alkanes of at least 4 members (excludes halogenated alkanes) is 1. The molecule has 2 aromatic rings. The molecule has 100 valence electrons. The third-order valence-corrected chi connectivity index (χ3v) is 3.25. The van der Waals surface area contributed by atoms with Crippen molar-refractivity contribution in [1.29, 1.82) is 0 Å². The van der Waals surface area contributed by atoms with E-state index >= 15 is 0 Å². The van der Waals surface area contributed by atoms with Gasteiger partial charge < -0.3 is 10.6 Å². The van der Waals surface area contributed by atoms with Gasteiger partial charge in [0.15, 0.2) is 0 Å². The Morgan fingerprint density at radius 2 is 2.00 bits per heavy atom. The lowest BCUT2D eigenvalue weighted by atomic mass is 10.1. The quantitative estimate of drug-likeness (QED) is 0.916.